The highest BCUT2D eigenvalue weighted by Gasteiger charge is 2.31. The van der Waals surface area contributed by atoms with Crippen molar-refractivity contribution in [3.8, 4) is 22.5 Å². The number of alkyl carbamates (subject to hydrolysis) is 1. The van der Waals surface area contributed by atoms with Gasteiger partial charge < -0.3 is 30.9 Å². The van der Waals surface area contributed by atoms with Crippen LogP contribution in [0, 0.1) is 24.6 Å². The Balaban J connectivity index is 1.10. The van der Waals surface area contributed by atoms with Crippen molar-refractivity contribution in [2.45, 2.75) is 110 Å². The summed E-state index contributed by atoms with van der Waals surface area (Å²) >= 11 is 0. The number of hydrogen-bond acceptors (Lipinski definition) is 9. The molecule has 1 atom stereocenters. The molecule has 1 aliphatic carbocycles. The van der Waals surface area contributed by atoms with E-state index in [9.17, 15) is 19.2 Å². The largest absolute Gasteiger partial charge is 0.444 e. The van der Waals surface area contributed by atoms with E-state index in [1.54, 1.807) is 6.07 Å². The monoisotopic (exact) mass is 823 g/mol. The first-order valence-corrected chi connectivity index (χ1v) is 21.0. The molecule has 3 aromatic carbocycles. The van der Waals surface area contributed by atoms with E-state index in [1.165, 1.54) is 12.1 Å². The smallest absolute Gasteiger partial charge is 0.407 e. The van der Waals surface area contributed by atoms with Gasteiger partial charge in [0.15, 0.2) is 0 Å². The van der Waals surface area contributed by atoms with Crippen molar-refractivity contribution >= 4 is 29.5 Å². The Kier molecular flexibility index (Phi) is 14.3. The number of nitrogens with one attached hydrogen (secondary N) is 5. The molecule has 2 heterocycles. The predicted molar refractivity (Wildman–Crippen MR) is 227 cm³/mol. The van der Waals surface area contributed by atoms with Crippen molar-refractivity contribution < 1.29 is 28.3 Å². The number of ether oxygens (including phenoxy) is 1. The summed E-state index contributed by atoms with van der Waals surface area (Å²) in [6, 6.07) is 17.4. The van der Waals surface area contributed by atoms with Gasteiger partial charge in [-0.15, -0.1) is 10.2 Å². The number of aromatic nitrogens is 4. The number of H-pyrrole nitrogens is 1. The molecule has 14 nitrogen and oxygen atoms in total. The molecule has 1 saturated heterocycles. The molecule has 5 N–H and O–H groups in total. The zero-order valence-corrected chi connectivity index (χ0v) is 35.4. The lowest BCUT2D eigenvalue weighted by atomic mass is 9.81. The van der Waals surface area contributed by atoms with Gasteiger partial charge in [-0.05, 0) is 144 Å². The van der Waals surface area contributed by atoms with E-state index in [1.807, 2.05) is 70.2 Å². The summed E-state index contributed by atoms with van der Waals surface area (Å²) in [5.41, 5.74) is 4.07. The zero-order valence-electron chi connectivity index (χ0n) is 35.4. The maximum atomic E-state index is 15.1. The molecule has 1 aliphatic heterocycles. The van der Waals surface area contributed by atoms with Crippen LogP contribution >= 0.6 is 0 Å². The predicted octanol–water partition coefficient (Wildman–Crippen LogP) is 6.58. The zero-order chi connectivity index (χ0) is 43.0. The fourth-order valence-corrected chi connectivity index (χ4v) is 7.96. The summed E-state index contributed by atoms with van der Waals surface area (Å²) in [6.07, 6.45) is 4.28. The number of tetrazole rings is 1. The number of amides is 4. The quantitative estimate of drug-likeness (QED) is 0.0995. The summed E-state index contributed by atoms with van der Waals surface area (Å²) in [7, 11) is 0. The number of benzene rings is 3. The Morgan fingerprint density at radius 1 is 0.917 bits per heavy atom. The molecule has 2 aliphatic rings. The number of carbonyl (C=O) groups excluding carboxylic acids is 4. The van der Waals surface area contributed by atoms with Crippen LogP contribution in [-0.4, -0.2) is 92.7 Å². The molecule has 320 valence electrons. The Bertz CT molecular complexity index is 2100. The van der Waals surface area contributed by atoms with Gasteiger partial charge in [0.25, 0.3) is 5.91 Å². The van der Waals surface area contributed by atoms with Crippen LogP contribution in [0.1, 0.15) is 94.6 Å². The minimum atomic E-state index is -0.966. The normalized spacial score (nSPS) is 18.1. The van der Waals surface area contributed by atoms with E-state index in [-0.39, 0.29) is 53.2 Å². The van der Waals surface area contributed by atoms with Crippen LogP contribution in [0.25, 0.3) is 22.5 Å². The SMILES string of the molecule is Cc1cc(C(=O)NC2CCN(C(C)C)CC2)ccc1-c1ccc(CC(NC(=O)C2CCC(CNC(=O)OC(C)(C)C)CC2)C(=O)Nc2ccc(-c3nn[nH]n3)c(F)c2)cc1. The van der Waals surface area contributed by atoms with Gasteiger partial charge in [0.05, 0.1) is 5.56 Å². The van der Waals surface area contributed by atoms with Crippen LogP contribution < -0.4 is 21.3 Å². The molecule has 1 unspecified atom stereocenters. The van der Waals surface area contributed by atoms with Gasteiger partial charge in [-0.25, -0.2) is 9.18 Å². The molecule has 4 aromatic rings. The molecule has 60 heavy (non-hydrogen) atoms. The first kappa shape index (κ1) is 43.9. The number of aryl methyl sites for hydroxylation is 1. The van der Waals surface area contributed by atoms with E-state index >= 15 is 4.39 Å². The lowest BCUT2D eigenvalue weighted by Gasteiger charge is -2.34. The van der Waals surface area contributed by atoms with Crippen LogP contribution in [0.4, 0.5) is 14.9 Å². The van der Waals surface area contributed by atoms with E-state index < -0.39 is 29.5 Å². The third kappa shape index (κ3) is 12.0. The molecule has 1 saturated carbocycles. The summed E-state index contributed by atoms with van der Waals surface area (Å²) in [5.74, 6) is -1.45. The number of carbonyl (C=O) groups is 4. The van der Waals surface area contributed by atoms with Crippen LogP contribution in [0.5, 0.6) is 0 Å². The second-order valence-corrected chi connectivity index (χ2v) is 17.4. The maximum absolute atomic E-state index is 15.1. The molecule has 4 amide bonds. The van der Waals surface area contributed by atoms with Crippen molar-refractivity contribution in [1.82, 2.24) is 41.5 Å². The Labute approximate surface area is 351 Å². The lowest BCUT2D eigenvalue weighted by molar-refractivity contribution is -0.130. The van der Waals surface area contributed by atoms with Crippen molar-refractivity contribution in [2.24, 2.45) is 11.8 Å². The molecule has 0 bridgehead atoms. The van der Waals surface area contributed by atoms with E-state index in [0.29, 0.717) is 31.0 Å². The number of likely N-dealkylation sites (tertiary alicyclic amines) is 1. The molecular weight excluding hydrogens is 766 g/mol. The number of piperidine rings is 1. The number of rotatable bonds is 13. The van der Waals surface area contributed by atoms with Gasteiger partial charge in [0, 0.05) is 55.3 Å². The van der Waals surface area contributed by atoms with Crippen LogP contribution in [0.2, 0.25) is 0 Å². The topological polar surface area (TPSA) is 183 Å². The van der Waals surface area contributed by atoms with Crippen molar-refractivity contribution in [3.05, 3.63) is 83.2 Å². The van der Waals surface area contributed by atoms with Gasteiger partial charge in [0.2, 0.25) is 17.6 Å². The summed E-state index contributed by atoms with van der Waals surface area (Å²) < 4.78 is 20.4. The molecule has 1 aromatic heterocycles. The number of aromatic amines is 1. The van der Waals surface area contributed by atoms with Crippen LogP contribution in [0.15, 0.2) is 60.7 Å². The van der Waals surface area contributed by atoms with E-state index in [0.717, 1.165) is 61.0 Å². The van der Waals surface area contributed by atoms with Gasteiger partial charge in [0.1, 0.15) is 17.5 Å². The molecule has 6 rings (SSSR count). The molecular formula is C45H58FN9O5. The number of anilines is 1. The fourth-order valence-electron chi connectivity index (χ4n) is 7.96. The van der Waals surface area contributed by atoms with Gasteiger partial charge in [-0.2, -0.15) is 5.21 Å². The highest BCUT2D eigenvalue weighted by Crippen LogP contribution is 2.30. The minimum absolute atomic E-state index is 0.0664. The van der Waals surface area contributed by atoms with Crippen molar-refractivity contribution in [3.63, 3.8) is 0 Å². The Hall–Kier alpha value is -5.70. The molecule has 0 spiro atoms. The highest BCUT2D eigenvalue weighted by atomic mass is 19.1. The summed E-state index contributed by atoms with van der Waals surface area (Å²) in [5, 5.41) is 25.3. The average molecular weight is 824 g/mol. The summed E-state index contributed by atoms with van der Waals surface area (Å²) in [4.78, 5) is 55.4. The van der Waals surface area contributed by atoms with Gasteiger partial charge in [-0.3, -0.25) is 14.4 Å². The number of hydrogen-bond donors (Lipinski definition) is 5. The van der Waals surface area contributed by atoms with Crippen LogP contribution in [0.3, 0.4) is 0 Å². The Morgan fingerprint density at radius 3 is 2.23 bits per heavy atom. The summed E-state index contributed by atoms with van der Waals surface area (Å²) in [6.45, 7) is 14.2. The molecule has 2 fully saturated rings. The van der Waals surface area contributed by atoms with E-state index in [2.05, 4.69) is 60.6 Å². The first-order chi connectivity index (χ1) is 28.6. The van der Waals surface area contributed by atoms with Crippen molar-refractivity contribution in [1.29, 1.82) is 0 Å². The minimum Gasteiger partial charge on any atom is -0.444 e. The van der Waals surface area contributed by atoms with Crippen LogP contribution in [-0.2, 0) is 20.7 Å². The standard InChI is InChI=1S/C45H58FN9O5/c1-27(2)55-21-19-34(20-22-55)48-42(57)33-15-17-36(28(3)23-33)31-11-7-29(8-12-31)24-39(43(58)49-35-16-18-37(38(46)25-35)40-51-53-54-52-40)50-41(56)32-13-9-30(10-14-32)26-47-44(59)60-45(4,5)6/h7-8,11-12,15-18,23,25,27,30,32,34,39H,9-10,13-14,19-22,24,26H2,1-6H3,(H,47,59)(H,48,57)(H,49,58)(H,50,56)(H,51,52,53,54). The van der Waals surface area contributed by atoms with E-state index in [4.69, 9.17) is 4.74 Å². The highest BCUT2D eigenvalue weighted by molar-refractivity contribution is 5.98. The van der Waals surface area contributed by atoms with Crippen molar-refractivity contribution in [2.75, 3.05) is 25.0 Å². The second-order valence-electron chi connectivity index (χ2n) is 17.4. The second kappa shape index (κ2) is 19.6. The first-order valence-electron chi connectivity index (χ1n) is 21.0. The maximum Gasteiger partial charge on any atom is 0.407 e. The fraction of sp³-hybridized carbons (Fsp3) is 0.489. The average Bonchev–Trinajstić information content (AvgIpc) is 3.75. The molecule has 0 radical (unpaired) electrons. The third-order valence-corrected chi connectivity index (χ3v) is 11.4. The Morgan fingerprint density at radius 2 is 1.62 bits per heavy atom. The molecule has 15 heteroatoms. The van der Waals surface area contributed by atoms with Gasteiger partial charge >= 0.3 is 6.09 Å². The van der Waals surface area contributed by atoms with Gasteiger partial charge in [-0.1, -0.05) is 30.3 Å². The number of halogens is 1. The number of nitrogens with zero attached hydrogens (tertiary/aromatic N) is 4. The third-order valence-electron chi connectivity index (χ3n) is 11.4. The lowest BCUT2D eigenvalue weighted by Crippen LogP contribution is -2.48.